The summed E-state index contributed by atoms with van der Waals surface area (Å²) in [5.41, 5.74) is 6.34. The Hall–Kier alpha value is -4.02. The van der Waals surface area contributed by atoms with Crippen LogP contribution in [0.3, 0.4) is 0 Å². The Morgan fingerprint density at radius 2 is 2.00 bits per heavy atom. The normalized spacial score (nSPS) is 13.0. The first-order chi connectivity index (χ1) is 15.6. The summed E-state index contributed by atoms with van der Waals surface area (Å²) in [6, 6.07) is 11.3. The predicted octanol–water partition coefficient (Wildman–Crippen LogP) is 5.53. The number of hydrogen-bond donors (Lipinski definition) is 1. The predicted molar refractivity (Wildman–Crippen MR) is 121 cm³/mol. The first kappa shape index (κ1) is 18.7. The molecule has 3 aromatic heterocycles. The van der Waals surface area contributed by atoms with E-state index in [0.29, 0.717) is 18.5 Å². The fourth-order valence-corrected chi connectivity index (χ4v) is 4.59. The largest absolute Gasteiger partial charge is 0.339 e. The molecule has 1 aliphatic heterocycles. The van der Waals surface area contributed by atoms with Gasteiger partial charge in [-0.25, -0.2) is 4.39 Å². The second-order valence-electron chi connectivity index (χ2n) is 7.68. The summed E-state index contributed by atoms with van der Waals surface area (Å²) in [5.74, 6) is -0.435. The van der Waals surface area contributed by atoms with E-state index in [1.807, 2.05) is 23.1 Å². The lowest BCUT2D eigenvalue weighted by Crippen LogP contribution is -2.15. The summed E-state index contributed by atoms with van der Waals surface area (Å²) in [5, 5.41) is 18.8. The number of halogens is 2. The van der Waals surface area contributed by atoms with Crippen LogP contribution in [0.4, 0.5) is 15.8 Å². The highest BCUT2D eigenvalue weighted by atomic mass is 35.5. The number of aromatic nitrogens is 4. The molecule has 154 valence electrons. The van der Waals surface area contributed by atoms with Gasteiger partial charge in [-0.3, -0.25) is 15.1 Å². The Kier molecular flexibility index (Phi) is 4.10. The monoisotopic (exact) mass is 440 g/mol. The van der Waals surface area contributed by atoms with Gasteiger partial charge < -0.3 is 4.90 Å². The minimum atomic E-state index is -0.435. The quantitative estimate of drug-likeness (QED) is 0.390. The molecule has 0 bridgehead atoms. The van der Waals surface area contributed by atoms with Gasteiger partial charge in [-0.05, 0) is 41.8 Å². The van der Waals surface area contributed by atoms with Crippen LogP contribution in [0.2, 0.25) is 5.02 Å². The number of aromatic amines is 1. The first-order valence-corrected chi connectivity index (χ1v) is 10.4. The summed E-state index contributed by atoms with van der Waals surface area (Å²) in [6.45, 7) is 0.617. The van der Waals surface area contributed by atoms with Crippen LogP contribution in [0.15, 0.2) is 55.1 Å². The summed E-state index contributed by atoms with van der Waals surface area (Å²) >= 11 is 6.09. The van der Waals surface area contributed by atoms with Crippen molar-refractivity contribution < 1.29 is 4.39 Å². The first-order valence-electron chi connectivity index (χ1n) is 10.00. The number of nitriles is 1. The zero-order valence-corrected chi connectivity index (χ0v) is 17.4. The van der Waals surface area contributed by atoms with Gasteiger partial charge in [0, 0.05) is 41.0 Å². The average Bonchev–Trinajstić information content (AvgIpc) is 3.45. The third-order valence-electron chi connectivity index (χ3n) is 5.92. The number of nitrogens with zero attached hydrogens (tertiary/aromatic N) is 5. The molecule has 0 saturated carbocycles. The number of pyridine rings is 2. The van der Waals surface area contributed by atoms with Crippen LogP contribution in [0, 0.1) is 17.1 Å². The molecule has 0 spiro atoms. The second kappa shape index (κ2) is 7.01. The SMILES string of the molecule is N#Cc1cnc2ccc(-c3cncc4[nH]ncc34)cc2c1N1CCc2cc(F)c(Cl)cc21. The number of anilines is 2. The average molecular weight is 441 g/mol. The molecule has 8 heteroatoms. The van der Waals surface area contributed by atoms with Crippen molar-refractivity contribution in [2.45, 2.75) is 6.42 Å². The second-order valence-corrected chi connectivity index (χ2v) is 8.09. The van der Waals surface area contributed by atoms with Gasteiger partial charge in [0.05, 0.1) is 39.7 Å². The van der Waals surface area contributed by atoms with Gasteiger partial charge in [-0.2, -0.15) is 10.4 Å². The van der Waals surface area contributed by atoms with Crippen molar-refractivity contribution in [3.8, 4) is 17.2 Å². The van der Waals surface area contributed by atoms with Crippen LogP contribution in [0.25, 0.3) is 32.9 Å². The van der Waals surface area contributed by atoms with Gasteiger partial charge >= 0.3 is 0 Å². The molecule has 4 heterocycles. The summed E-state index contributed by atoms with van der Waals surface area (Å²) in [6.07, 6.45) is 7.55. The molecule has 0 atom stereocenters. The van der Waals surface area contributed by atoms with E-state index in [0.717, 1.165) is 49.9 Å². The van der Waals surface area contributed by atoms with Crippen molar-refractivity contribution in [3.63, 3.8) is 0 Å². The summed E-state index contributed by atoms with van der Waals surface area (Å²) in [7, 11) is 0. The van der Waals surface area contributed by atoms with Gasteiger partial charge in [0.15, 0.2) is 0 Å². The van der Waals surface area contributed by atoms with Crippen molar-refractivity contribution in [1.29, 1.82) is 5.26 Å². The van der Waals surface area contributed by atoms with Crippen LogP contribution in [-0.4, -0.2) is 26.7 Å². The van der Waals surface area contributed by atoms with E-state index in [1.165, 1.54) is 6.07 Å². The van der Waals surface area contributed by atoms with Crippen LogP contribution < -0.4 is 4.90 Å². The van der Waals surface area contributed by atoms with Gasteiger partial charge in [-0.15, -0.1) is 0 Å². The van der Waals surface area contributed by atoms with Crippen molar-refractivity contribution in [2.75, 3.05) is 11.4 Å². The molecule has 0 aliphatic carbocycles. The maximum absolute atomic E-state index is 14.0. The van der Waals surface area contributed by atoms with E-state index in [1.54, 1.807) is 30.9 Å². The molecule has 6 nitrogen and oxygen atoms in total. The minimum absolute atomic E-state index is 0.0610. The van der Waals surface area contributed by atoms with Gasteiger partial charge in [0.2, 0.25) is 0 Å². The van der Waals surface area contributed by atoms with Crippen LogP contribution in [0.5, 0.6) is 0 Å². The molecule has 5 aromatic rings. The van der Waals surface area contributed by atoms with Gasteiger partial charge in [0.1, 0.15) is 11.9 Å². The molecule has 0 saturated heterocycles. The highest BCUT2D eigenvalue weighted by Crippen LogP contribution is 2.42. The molecular weight excluding hydrogens is 427 g/mol. The van der Waals surface area contributed by atoms with E-state index in [4.69, 9.17) is 11.6 Å². The molecular formula is C24H14ClFN6. The van der Waals surface area contributed by atoms with Crippen molar-refractivity contribution in [1.82, 2.24) is 20.2 Å². The minimum Gasteiger partial charge on any atom is -0.339 e. The number of hydrogen-bond acceptors (Lipinski definition) is 5. The van der Waals surface area contributed by atoms with E-state index in [2.05, 4.69) is 26.2 Å². The molecule has 0 radical (unpaired) electrons. The van der Waals surface area contributed by atoms with Gasteiger partial charge in [0.25, 0.3) is 0 Å². The third-order valence-corrected chi connectivity index (χ3v) is 6.21. The number of benzene rings is 2. The van der Waals surface area contributed by atoms with Crippen LogP contribution in [-0.2, 0) is 6.42 Å². The topological polar surface area (TPSA) is 81.5 Å². The maximum atomic E-state index is 14.0. The standard InChI is InChI=1S/C24H14ClFN6/c25-19-7-23-14(6-20(19)26)3-4-32(23)24-15(8-27)9-29-21-2-1-13(5-16(21)24)17-10-28-12-22-18(17)11-30-31-22/h1-2,5-7,9-12H,3-4H2,(H,30,31). The fourth-order valence-electron chi connectivity index (χ4n) is 4.43. The zero-order valence-electron chi connectivity index (χ0n) is 16.6. The van der Waals surface area contributed by atoms with Crippen LogP contribution >= 0.6 is 11.6 Å². The Labute approximate surface area is 186 Å². The van der Waals surface area contributed by atoms with Crippen molar-refractivity contribution in [2.24, 2.45) is 0 Å². The van der Waals surface area contributed by atoms with Crippen LogP contribution in [0.1, 0.15) is 11.1 Å². The summed E-state index contributed by atoms with van der Waals surface area (Å²) in [4.78, 5) is 10.8. The fraction of sp³-hybridized carbons (Fsp3) is 0.0833. The molecule has 6 rings (SSSR count). The van der Waals surface area contributed by atoms with Crippen molar-refractivity contribution in [3.05, 3.63) is 77.1 Å². The molecule has 32 heavy (non-hydrogen) atoms. The Morgan fingerprint density at radius 1 is 1.09 bits per heavy atom. The molecule has 2 aromatic carbocycles. The molecule has 0 unspecified atom stereocenters. The highest BCUT2D eigenvalue weighted by Gasteiger charge is 2.26. The van der Waals surface area contributed by atoms with Crippen molar-refractivity contribution >= 4 is 44.8 Å². The lowest BCUT2D eigenvalue weighted by Gasteiger charge is -2.23. The van der Waals surface area contributed by atoms with E-state index in [9.17, 15) is 9.65 Å². The molecule has 1 N–H and O–H groups in total. The van der Waals surface area contributed by atoms with E-state index >= 15 is 0 Å². The lowest BCUT2D eigenvalue weighted by molar-refractivity contribution is 0.627. The molecule has 0 amide bonds. The third kappa shape index (κ3) is 2.74. The number of rotatable bonds is 2. The number of H-pyrrole nitrogens is 1. The summed E-state index contributed by atoms with van der Waals surface area (Å²) < 4.78 is 14.0. The molecule has 0 fully saturated rings. The molecule has 1 aliphatic rings. The Bertz CT molecular complexity index is 1590. The Morgan fingerprint density at radius 3 is 2.88 bits per heavy atom. The Balaban J connectivity index is 1.61. The number of nitrogens with one attached hydrogen (secondary N) is 1. The highest BCUT2D eigenvalue weighted by molar-refractivity contribution is 6.31. The number of fused-ring (bicyclic) bond motifs is 3. The maximum Gasteiger partial charge on any atom is 0.142 e. The lowest BCUT2D eigenvalue weighted by atomic mass is 10.00. The van der Waals surface area contributed by atoms with E-state index < -0.39 is 5.82 Å². The smallest absolute Gasteiger partial charge is 0.142 e. The van der Waals surface area contributed by atoms with E-state index in [-0.39, 0.29) is 5.02 Å². The zero-order chi connectivity index (χ0) is 21.8. The van der Waals surface area contributed by atoms with Gasteiger partial charge in [-0.1, -0.05) is 17.7 Å².